The van der Waals surface area contributed by atoms with Gasteiger partial charge in [0.15, 0.2) is 0 Å². The lowest BCUT2D eigenvalue weighted by atomic mass is 10.1. The zero-order valence-electron chi connectivity index (χ0n) is 16.4. The third-order valence-corrected chi connectivity index (χ3v) is 4.84. The molecule has 2 aromatic rings. The van der Waals surface area contributed by atoms with Crippen LogP contribution in [-0.4, -0.2) is 61.9 Å². The predicted molar refractivity (Wildman–Crippen MR) is 106 cm³/mol. The maximum Gasteiger partial charge on any atom is 0.126 e. The molecule has 0 radical (unpaired) electrons. The molecule has 0 saturated carbocycles. The largest absolute Gasteiger partial charge is 0.496 e. The summed E-state index contributed by atoms with van der Waals surface area (Å²) in [5, 5.41) is 10.4. The summed E-state index contributed by atoms with van der Waals surface area (Å²) in [7, 11) is 1.54. The van der Waals surface area contributed by atoms with E-state index in [2.05, 4.69) is 4.90 Å². The fourth-order valence-electron chi connectivity index (χ4n) is 3.46. The Hall–Kier alpha value is -2.64. The zero-order valence-corrected chi connectivity index (χ0v) is 16.4. The number of rotatable bonds is 10. The first kappa shape index (κ1) is 21.1. The first-order chi connectivity index (χ1) is 14.1. The molecule has 0 amide bonds. The Bertz CT molecular complexity index is 798. The molecule has 3 rings (SSSR count). The summed E-state index contributed by atoms with van der Waals surface area (Å²) in [4.78, 5) is 13.1. The molecule has 7 heteroatoms. The minimum Gasteiger partial charge on any atom is -0.496 e. The van der Waals surface area contributed by atoms with Crippen molar-refractivity contribution in [1.82, 2.24) is 4.90 Å². The van der Waals surface area contributed by atoms with Crippen LogP contribution in [0.25, 0.3) is 0 Å². The average molecular weight is 403 g/mol. The van der Waals surface area contributed by atoms with Gasteiger partial charge in [-0.15, -0.1) is 0 Å². The van der Waals surface area contributed by atoms with Crippen LogP contribution in [0, 0.1) is 5.82 Å². The molecule has 1 fully saturated rings. The molecule has 156 valence electrons. The van der Waals surface area contributed by atoms with Gasteiger partial charge in [-0.3, -0.25) is 4.90 Å². The molecular formula is C22H26FNO5. The number of aldehydes is 1. The molecule has 0 aliphatic carbocycles. The number of aliphatic hydroxyl groups excluding tert-OH is 1. The summed E-state index contributed by atoms with van der Waals surface area (Å²) < 4.78 is 29.9. The molecule has 1 aliphatic heterocycles. The van der Waals surface area contributed by atoms with Crippen molar-refractivity contribution in [2.24, 2.45) is 0 Å². The van der Waals surface area contributed by atoms with Gasteiger partial charge in [0.05, 0.1) is 7.11 Å². The van der Waals surface area contributed by atoms with Crippen molar-refractivity contribution in [3.05, 3.63) is 53.8 Å². The van der Waals surface area contributed by atoms with Gasteiger partial charge in [0.25, 0.3) is 0 Å². The van der Waals surface area contributed by atoms with Crippen molar-refractivity contribution >= 4 is 6.29 Å². The summed E-state index contributed by atoms with van der Waals surface area (Å²) in [5.41, 5.74) is 0.672. The Kier molecular flexibility index (Phi) is 7.43. The SMILES string of the molecule is COc1cccc(OCC(O)CN2CCC(Oc3ccc(F)cc3)C2)c1CC=O. The number of methoxy groups -OCH3 is 1. The summed E-state index contributed by atoms with van der Waals surface area (Å²) >= 11 is 0. The lowest BCUT2D eigenvalue weighted by molar-refractivity contribution is -0.107. The van der Waals surface area contributed by atoms with Gasteiger partial charge in [0.1, 0.15) is 48.2 Å². The molecule has 0 spiro atoms. The highest BCUT2D eigenvalue weighted by Crippen LogP contribution is 2.28. The third-order valence-electron chi connectivity index (χ3n) is 4.84. The Morgan fingerprint density at radius 3 is 2.72 bits per heavy atom. The zero-order chi connectivity index (χ0) is 20.6. The van der Waals surface area contributed by atoms with Crippen LogP contribution in [0.3, 0.4) is 0 Å². The van der Waals surface area contributed by atoms with Crippen molar-refractivity contribution in [2.75, 3.05) is 33.4 Å². The summed E-state index contributed by atoms with van der Waals surface area (Å²) in [6.07, 6.45) is 1.14. The summed E-state index contributed by atoms with van der Waals surface area (Å²) in [6, 6.07) is 11.3. The number of halogens is 1. The Labute approximate surface area is 169 Å². The van der Waals surface area contributed by atoms with Gasteiger partial charge in [-0.05, 0) is 42.8 Å². The van der Waals surface area contributed by atoms with E-state index in [1.807, 2.05) is 0 Å². The molecule has 2 aromatic carbocycles. The highest BCUT2D eigenvalue weighted by atomic mass is 19.1. The molecule has 1 aliphatic rings. The normalized spacial score (nSPS) is 17.7. The van der Waals surface area contributed by atoms with Crippen molar-refractivity contribution < 1.29 is 28.5 Å². The Balaban J connectivity index is 1.47. The highest BCUT2D eigenvalue weighted by molar-refractivity contribution is 5.61. The van der Waals surface area contributed by atoms with Gasteiger partial charge in [-0.2, -0.15) is 0 Å². The van der Waals surface area contributed by atoms with Gasteiger partial charge in [-0.25, -0.2) is 4.39 Å². The van der Waals surface area contributed by atoms with E-state index in [1.165, 1.54) is 12.1 Å². The first-order valence-corrected chi connectivity index (χ1v) is 9.64. The van der Waals surface area contributed by atoms with E-state index in [-0.39, 0.29) is 24.9 Å². The standard InChI is InChI=1S/C22H26FNO5/c1-27-21-3-2-4-22(20(21)10-12-25)28-15-17(26)13-24-11-9-19(14-24)29-18-7-5-16(23)6-8-18/h2-8,12,17,19,26H,9-11,13-15H2,1H3. The van der Waals surface area contributed by atoms with Crippen LogP contribution in [0.15, 0.2) is 42.5 Å². The number of benzene rings is 2. The van der Waals surface area contributed by atoms with Gasteiger partial charge in [0, 0.05) is 31.6 Å². The molecular weight excluding hydrogens is 377 g/mol. The summed E-state index contributed by atoms with van der Waals surface area (Å²) in [5.74, 6) is 1.47. The van der Waals surface area contributed by atoms with Crippen LogP contribution in [0.2, 0.25) is 0 Å². The highest BCUT2D eigenvalue weighted by Gasteiger charge is 2.26. The van der Waals surface area contributed by atoms with E-state index in [9.17, 15) is 14.3 Å². The molecule has 1 N–H and O–H groups in total. The van der Waals surface area contributed by atoms with Crippen molar-refractivity contribution in [1.29, 1.82) is 0 Å². The number of hydrogen-bond donors (Lipinski definition) is 1. The van der Waals surface area contributed by atoms with E-state index >= 15 is 0 Å². The van der Waals surface area contributed by atoms with Crippen molar-refractivity contribution in [3.8, 4) is 17.2 Å². The van der Waals surface area contributed by atoms with Gasteiger partial charge in [-0.1, -0.05) is 6.07 Å². The first-order valence-electron chi connectivity index (χ1n) is 9.64. The van der Waals surface area contributed by atoms with E-state index < -0.39 is 6.10 Å². The van der Waals surface area contributed by atoms with Crippen LogP contribution in [0.1, 0.15) is 12.0 Å². The minimum atomic E-state index is -0.685. The van der Waals surface area contributed by atoms with Crippen LogP contribution >= 0.6 is 0 Å². The number of likely N-dealkylation sites (tertiary alicyclic amines) is 1. The van der Waals surface area contributed by atoms with Crippen LogP contribution in [-0.2, 0) is 11.2 Å². The van der Waals surface area contributed by atoms with Crippen LogP contribution in [0.5, 0.6) is 17.2 Å². The van der Waals surface area contributed by atoms with Gasteiger partial charge in [0.2, 0.25) is 0 Å². The summed E-state index contributed by atoms with van der Waals surface area (Å²) in [6.45, 7) is 2.05. The topological polar surface area (TPSA) is 68.2 Å². The van der Waals surface area contributed by atoms with E-state index in [0.29, 0.717) is 35.9 Å². The number of β-amino-alcohol motifs (C(OH)–C–C–N with tert-alkyl or cyclic N) is 1. The number of ether oxygens (including phenoxy) is 3. The second kappa shape index (κ2) is 10.2. The van der Waals surface area contributed by atoms with E-state index in [1.54, 1.807) is 37.4 Å². The molecule has 6 nitrogen and oxygen atoms in total. The molecule has 2 unspecified atom stereocenters. The van der Waals surface area contributed by atoms with Gasteiger partial charge < -0.3 is 24.1 Å². The van der Waals surface area contributed by atoms with Crippen LogP contribution in [0.4, 0.5) is 4.39 Å². The average Bonchev–Trinajstić information content (AvgIpc) is 3.15. The maximum atomic E-state index is 13.0. The molecule has 1 heterocycles. The lowest BCUT2D eigenvalue weighted by Crippen LogP contribution is -2.35. The third kappa shape index (κ3) is 5.92. The molecule has 0 bridgehead atoms. The number of aliphatic hydroxyl groups is 1. The smallest absolute Gasteiger partial charge is 0.126 e. The van der Waals surface area contributed by atoms with E-state index in [0.717, 1.165) is 19.3 Å². The minimum absolute atomic E-state index is 0.00570. The van der Waals surface area contributed by atoms with Gasteiger partial charge >= 0.3 is 0 Å². The second-order valence-electron chi connectivity index (χ2n) is 7.01. The van der Waals surface area contributed by atoms with Crippen LogP contribution < -0.4 is 14.2 Å². The molecule has 29 heavy (non-hydrogen) atoms. The number of carbonyl (C=O) groups excluding carboxylic acids is 1. The fourth-order valence-corrected chi connectivity index (χ4v) is 3.46. The van der Waals surface area contributed by atoms with Crippen molar-refractivity contribution in [2.45, 2.75) is 25.0 Å². The van der Waals surface area contributed by atoms with Crippen molar-refractivity contribution in [3.63, 3.8) is 0 Å². The lowest BCUT2D eigenvalue weighted by Gasteiger charge is -2.21. The quantitative estimate of drug-likeness (QED) is 0.615. The second-order valence-corrected chi connectivity index (χ2v) is 7.01. The number of nitrogens with zero attached hydrogens (tertiary/aromatic N) is 1. The molecule has 0 aromatic heterocycles. The van der Waals surface area contributed by atoms with E-state index in [4.69, 9.17) is 14.2 Å². The maximum absolute atomic E-state index is 13.0. The Morgan fingerprint density at radius 1 is 1.24 bits per heavy atom. The molecule has 1 saturated heterocycles. The monoisotopic (exact) mass is 403 g/mol. The Morgan fingerprint density at radius 2 is 2.00 bits per heavy atom. The predicted octanol–water partition coefficient (Wildman–Crippen LogP) is 2.47. The number of carbonyl (C=O) groups is 1. The fraction of sp³-hybridized carbons (Fsp3) is 0.409. The molecule has 2 atom stereocenters. The number of hydrogen-bond acceptors (Lipinski definition) is 6.